The molecule has 1 N–H and O–H groups in total. The van der Waals surface area contributed by atoms with E-state index in [1.165, 1.54) is 28.1 Å². The maximum atomic E-state index is 13.0. The monoisotopic (exact) mass is 684 g/mol. The summed E-state index contributed by atoms with van der Waals surface area (Å²) in [4.78, 5) is 51.0. The van der Waals surface area contributed by atoms with Crippen LogP contribution in [0.4, 0.5) is 11.4 Å². The van der Waals surface area contributed by atoms with E-state index < -0.39 is 11.8 Å². The zero-order valence-electron chi connectivity index (χ0n) is 26.3. The van der Waals surface area contributed by atoms with Gasteiger partial charge in [0, 0.05) is 74.9 Å². The number of benzene rings is 2. The molecule has 13 heteroatoms. The molecule has 0 aliphatic carbocycles. The maximum absolute atomic E-state index is 13.0. The van der Waals surface area contributed by atoms with Crippen molar-refractivity contribution < 1.29 is 19.1 Å². The first kappa shape index (κ1) is 36.1. The number of aryl methyl sites for hydroxylation is 1. The number of halogens is 3. The minimum Gasteiger partial charge on any atom is -0.487 e. The molecule has 46 heavy (non-hydrogen) atoms. The Morgan fingerprint density at radius 1 is 0.978 bits per heavy atom. The molecule has 4 rings (SSSR count). The normalized spacial score (nSPS) is 10.8. The number of nitrogens with zero attached hydrogens (tertiary/aromatic N) is 5. The predicted octanol–water partition coefficient (Wildman–Crippen LogP) is 5.81. The minimum absolute atomic E-state index is 0. The van der Waals surface area contributed by atoms with E-state index >= 15 is 0 Å². The Bertz CT molecular complexity index is 1780. The van der Waals surface area contributed by atoms with Gasteiger partial charge < -0.3 is 24.8 Å². The molecule has 2 aromatic carbocycles. The van der Waals surface area contributed by atoms with Crippen molar-refractivity contribution in [3.63, 3.8) is 0 Å². The van der Waals surface area contributed by atoms with Crippen LogP contribution >= 0.6 is 35.6 Å². The van der Waals surface area contributed by atoms with Gasteiger partial charge in [0.05, 0.1) is 17.3 Å². The Hall–Kier alpha value is -4.38. The molecular formula is C33H35Cl3N6O4. The summed E-state index contributed by atoms with van der Waals surface area (Å²) in [6.45, 7) is 1.70. The molecule has 0 atom stereocenters. The van der Waals surface area contributed by atoms with E-state index in [9.17, 15) is 14.4 Å². The Balaban J connectivity index is 0.00000576. The van der Waals surface area contributed by atoms with E-state index in [0.717, 1.165) is 22.3 Å². The second kappa shape index (κ2) is 15.8. The summed E-state index contributed by atoms with van der Waals surface area (Å²) >= 11 is 13.3. The number of fused-ring (bicyclic) bond motifs is 1. The molecular weight excluding hydrogens is 651 g/mol. The van der Waals surface area contributed by atoms with E-state index in [4.69, 9.17) is 32.9 Å². The van der Waals surface area contributed by atoms with Crippen LogP contribution in [0.2, 0.25) is 10.0 Å². The first-order valence-electron chi connectivity index (χ1n) is 13.9. The number of aromatic nitrogens is 2. The lowest BCUT2D eigenvalue weighted by atomic mass is 10.1. The Morgan fingerprint density at radius 2 is 1.72 bits per heavy atom. The van der Waals surface area contributed by atoms with Gasteiger partial charge in [-0.3, -0.25) is 19.4 Å². The summed E-state index contributed by atoms with van der Waals surface area (Å²) in [7, 11) is 8.79. The van der Waals surface area contributed by atoms with Crippen molar-refractivity contribution in [3.05, 3.63) is 93.4 Å². The predicted molar refractivity (Wildman–Crippen MR) is 187 cm³/mol. The molecule has 4 aromatic rings. The summed E-state index contributed by atoms with van der Waals surface area (Å²) in [5.74, 6) is -0.517. The third kappa shape index (κ3) is 8.45. The molecule has 242 valence electrons. The van der Waals surface area contributed by atoms with Gasteiger partial charge in [-0.15, -0.1) is 12.4 Å². The van der Waals surface area contributed by atoms with Crippen LogP contribution in [0, 0.1) is 6.92 Å². The van der Waals surface area contributed by atoms with Crippen LogP contribution in [0.1, 0.15) is 27.3 Å². The van der Waals surface area contributed by atoms with Crippen molar-refractivity contribution in [2.45, 2.75) is 13.5 Å². The molecule has 0 aliphatic rings. The molecule has 0 aliphatic heterocycles. The Morgan fingerprint density at radius 3 is 2.37 bits per heavy atom. The fourth-order valence-electron chi connectivity index (χ4n) is 4.45. The molecule has 0 unspecified atom stereocenters. The highest BCUT2D eigenvalue weighted by atomic mass is 35.5. The number of hydrogen-bond donors (Lipinski definition) is 1. The van der Waals surface area contributed by atoms with Gasteiger partial charge in [0.1, 0.15) is 23.6 Å². The number of rotatable bonds is 10. The van der Waals surface area contributed by atoms with Crippen molar-refractivity contribution in [2.24, 2.45) is 0 Å². The van der Waals surface area contributed by atoms with Gasteiger partial charge in [-0.25, -0.2) is 4.98 Å². The van der Waals surface area contributed by atoms with Crippen LogP contribution in [0.25, 0.3) is 17.0 Å². The lowest BCUT2D eigenvalue weighted by Gasteiger charge is -2.21. The smallest absolute Gasteiger partial charge is 0.271 e. The molecule has 0 saturated heterocycles. The summed E-state index contributed by atoms with van der Waals surface area (Å²) < 4.78 is 6.18. The van der Waals surface area contributed by atoms with Crippen LogP contribution in [0.3, 0.4) is 0 Å². The first-order chi connectivity index (χ1) is 21.4. The molecule has 10 nitrogen and oxygen atoms in total. The Labute approximate surface area is 284 Å². The molecule has 0 fully saturated rings. The van der Waals surface area contributed by atoms with Crippen LogP contribution in [-0.4, -0.2) is 74.4 Å². The van der Waals surface area contributed by atoms with E-state index in [1.807, 2.05) is 50.2 Å². The lowest BCUT2D eigenvalue weighted by molar-refractivity contribution is -0.122. The van der Waals surface area contributed by atoms with E-state index in [-0.39, 0.29) is 36.5 Å². The topological polar surface area (TPSA) is 108 Å². The summed E-state index contributed by atoms with van der Waals surface area (Å²) in [6, 6.07) is 14.3. The Kier molecular flexibility index (Phi) is 12.4. The van der Waals surface area contributed by atoms with Gasteiger partial charge in [0.25, 0.3) is 5.91 Å². The first-order valence-corrected chi connectivity index (χ1v) is 14.7. The van der Waals surface area contributed by atoms with Crippen molar-refractivity contribution in [2.75, 3.05) is 51.6 Å². The van der Waals surface area contributed by atoms with Crippen molar-refractivity contribution in [3.8, 4) is 5.75 Å². The number of anilines is 2. The van der Waals surface area contributed by atoms with E-state index in [1.54, 1.807) is 45.4 Å². The third-order valence-electron chi connectivity index (χ3n) is 6.92. The quantitative estimate of drug-likeness (QED) is 0.210. The van der Waals surface area contributed by atoms with Crippen LogP contribution in [0.5, 0.6) is 5.75 Å². The van der Waals surface area contributed by atoms with Crippen LogP contribution in [0.15, 0.2) is 60.8 Å². The average Bonchev–Trinajstić information content (AvgIpc) is 3.01. The third-order valence-corrected chi connectivity index (χ3v) is 7.69. The SMILES string of the molecule is Cc1cc(N(C)C)c2cccc(OCc3c(Cl)ccc(N(C)C(=O)CNC(=O)/C=C/c4ccc(C(=O)N(C)C)nc4)c3Cl)c2n1.Cl. The fraction of sp³-hybridized carbons (Fsp3) is 0.242. The van der Waals surface area contributed by atoms with E-state index in [2.05, 4.69) is 10.3 Å². The molecule has 0 saturated carbocycles. The second-order valence-corrected chi connectivity index (χ2v) is 11.4. The maximum Gasteiger partial charge on any atom is 0.271 e. The highest BCUT2D eigenvalue weighted by molar-refractivity contribution is 6.38. The van der Waals surface area contributed by atoms with Crippen molar-refractivity contribution in [1.29, 1.82) is 0 Å². The van der Waals surface area contributed by atoms with Gasteiger partial charge in [-0.2, -0.15) is 0 Å². The van der Waals surface area contributed by atoms with Gasteiger partial charge in [-0.1, -0.05) is 41.4 Å². The highest BCUT2D eigenvalue weighted by Crippen LogP contribution is 2.36. The van der Waals surface area contributed by atoms with Crippen LogP contribution < -0.4 is 19.9 Å². The number of pyridine rings is 2. The number of carbonyl (C=O) groups excluding carboxylic acids is 3. The summed E-state index contributed by atoms with van der Waals surface area (Å²) in [5.41, 5.74) is 4.43. The standard InChI is InChI=1S/C33H34Cl2N6O4.ClH/c1-20-16-27(39(2)3)22-8-7-9-28(32(22)38-20)45-19-23-24(34)12-14-26(31(23)35)41(6)30(43)18-37-29(42)15-11-21-10-13-25(36-17-21)33(44)40(4)5;/h7-17H,18-19H2,1-6H3,(H,37,42);1H/b15-11+;. The minimum atomic E-state index is -0.474. The number of para-hydroxylation sites is 1. The molecule has 3 amide bonds. The molecule has 2 aromatic heterocycles. The van der Waals surface area contributed by atoms with Gasteiger partial charge in [-0.05, 0) is 48.9 Å². The second-order valence-electron chi connectivity index (χ2n) is 10.7. The number of ether oxygens (including phenoxy) is 1. The summed E-state index contributed by atoms with van der Waals surface area (Å²) in [6.07, 6.45) is 4.31. The number of likely N-dealkylation sites (N-methyl/N-ethyl adjacent to an activating group) is 1. The van der Waals surface area contributed by atoms with Crippen molar-refractivity contribution >= 4 is 81.7 Å². The summed E-state index contributed by atoms with van der Waals surface area (Å²) in [5, 5.41) is 4.16. The zero-order chi connectivity index (χ0) is 32.8. The number of amides is 3. The molecule has 0 bridgehead atoms. The highest BCUT2D eigenvalue weighted by Gasteiger charge is 2.20. The van der Waals surface area contributed by atoms with Gasteiger partial charge in [0.15, 0.2) is 0 Å². The fourth-order valence-corrected chi connectivity index (χ4v) is 5.05. The molecule has 2 heterocycles. The molecule has 0 spiro atoms. The van der Waals surface area contributed by atoms with Crippen molar-refractivity contribution in [1.82, 2.24) is 20.2 Å². The zero-order valence-corrected chi connectivity index (χ0v) is 28.6. The molecule has 0 radical (unpaired) electrons. The average molecular weight is 686 g/mol. The van der Waals surface area contributed by atoms with Crippen LogP contribution in [-0.2, 0) is 16.2 Å². The van der Waals surface area contributed by atoms with E-state index in [0.29, 0.717) is 33.3 Å². The van der Waals surface area contributed by atoms with Gasteiger partial charge >= 0.3 is 0 Å². The largest absolute Gasteiger partial charge is 0.487 e. The lowest BCUT2D eigenvalue weighted by Crippen LogP contribution is -2.37. The number of nitrogens with one attached hydrogen (secondary N) is 1. The number of hydrogen-bond acceptors (Lipinski definition) is 7. The van der Waals surface area contributed by atoms with Gasteiger partial charge in [0.2, 0.25) is 11.8 Å². The number of carbonyl (C=O) groups is 3.